The number of fused-ring (bicyclic) bond motifs is 1. The summed E-state index contributed by atoms with van der Waals surface area (Å²) in [5, 5.41) is 2.90. The summed E-state index contributed by atoms with van der Waals surface area (Å²) >= 11 is 0. The van der Waals surface area contributed by atoms with E-state index in [1.54, 1.807) is 41.3 Å². The monoisotopic (exact) mass is 426 g/mol. The zero-order chi connectivity index (χ0) is 22.8. The lowest BCUT2D eigenvalue weighted by molar-refractivity contribution is -0.127. The van der Waals surface area contributed by atoms with E-state index in [4.69, 9.17) is 14.2 Å². The number of carbonyl (C=O) groups excluding carboxylic acids is 2. The molecule has 7 heteroatoms. The Bertz CT molecular complexity index is 962. The number of methoxy groups -OCH3 is 2. The highest BCUT2D eigenvalue weighted by Crippen LogP contribution is 2.38. The molecule has 0 fully saturated rings. The maximum absolute atomic E-state index is 13.2. The lowest BCUT2D eigenvalue weighted by Crippen LogP contribution is -2.43. The molecule has 166 valence electrons. The maximum Gasteiger partial charge on any atom is 0.255 e. The number of benzene rings is 2. The van der Waals surface area contributed by atoms with E-state index in [1.165, 1.54) is 14.2 Å². The Hall–Kier alpha value is -3.22. The molecule has 1 heterocycles. The van der Waals surface area contributed by atoms with Crippen molar-refractivity contribution >= 4 is 23.2 Å². The zero-order valence-corrected chi connectivity index (χ0v) is 18.9. The number of nitrogens with one attached hydrogen (secondary N) is 1. The average molecular weight is 427 g/mol. The Labute approximate surface area is 183 Å². The number of ether oxygens (including phenoxy) is 3. The number of rotatable bonds is 6. The normalized spacial score (nSPS) is 15.1. The van der Waals surface area contributed by atoms with Crippen LogP contribution in [0.5, 0.6) is 17.2 Å². The number of nitrogens with zero attached hydrogens (tertiary/aromatic N) is 1. The lowest BCUT2D eigenvalue weighted by atomic mass is 9.92. The van der Waals surface area contributed by atoms with Gasteiger partial charge in [-0.3, -0.25) is 9.59 Å². The summed E-state index contributed by atoms with van der Waals surface area (Å²) in [4.78, 5) is 27.8. The zero-order valence-electron chi connectivity index (χ0n) is 18.9. The van der Waals surface area contributed by atoms with Crippen molar-refractivity contribution in [2.75, 3.05) is 37.6 Å². The molecule has 1 aliphatic rings. The van der Waals surface area contributed by atoms with Gasteiger partial charge >= 0.3 is 0 Å². The molecule has 0 spiro atoms. The highest BCUT2D eigenvalue weighted by molar-refractivity contribution is 6.06. The molecule has 7 nitrogen and oxygen atoms in total. The summed E-state index contributed by atoms with van der Waals surface area (Å²) in [6.45, 7) is 8.74. The largest absolute Gasteiger partial charge is 0.497 e. The van der Waals surface area contributed by atoms with E-state index < -0.39 is 5.41 Å². The van der Waals surface area contributed by atoms with Crippen molar-refractivity contribution in [3.05, 3.63) is 42.0 Å². The van der Waals surface area contributed by atoms with Crippen LogP contribution in [-0.2, 0) is 4.79 Å². The van der Waals surface area contributed by atoms with Crippen LogP contribution >= 0.6 is 0 Å². The van der Waals surface area contributed by atoms with Crippen LogP contribution in [0, 0.1) is 11.3 Å². The first-order chi connectivity index (χ1) is 14.6. The predicted octanol–water partition coefficient (Wildman–Crippen LogP) is 4.36. The summed E-state index contributed by atoms with van der Waals surface area (Å²) < 4.78 is 16.4. The molecule has 0 saturated heterocycles. The van der Waals surface area contributed by atoms with Gasteiger partial charge < -0.3 is 24.4 Å². The van der Waals surface area contributed by atoms with E-state index >= 15 is 0 Å². The van der Waals surface area contributed by atoms with Crippen molar-refractivity contribution in [1.82, 2.24) is 0 Å². The SMILES string of the molecule is COc1cc(OC)cc(C(=O)Nc2ccc3c(c2)N(CC(C)C)C(=O)C(C)(C)CO3)c1. The molecule has 0 aliphatic carbocycles. The number of anilines is 2. The van der Waals surface area contributed by atoms with Gasteiger partial charge in [0, 0.05) is 23.9 Å². The third-order valence-electron chi connectivity index (χ3n) is 5.08. The predicted molar refractivity (Wildman–Crippen MR) is 120 cm³/mol. The van der Waals surface area contributed by atoms with Gasteiger partial charge in [0.25, 0.3) is 5.91 Å². The molecule has 0 unspecified atom stereocenters. The molecule has 1 aliphatic heterocycles. The fourth-order valence-corrected chi connectivity index (χ4v) is 3.41. The van der Waals surface area contributed by atoms with E-state index in [1.807, 2.05) is 13.8 Å². The molecule has 31 heavy (non-hydrogen) atoms. The summed E-state index contributed by atoms with van der Waals surface area (Å²) in [5.74, 6) is 1.63. The number of carbonyl (C=O) groups is 2. The van der Waals surface area contributed by atoms with Crippen molar-refractivity contribution in [2.24, 2.45) is 11.3 Å². The van der Waals surface area contributed by atoms with Crippen LogP contribution < -0.4 is 24.4 Å². The van der Waals surface area contributed by atoms with Crippen molar-refractivity contribution < 1.29 is 23.8 Å². The Balaban J connectivity index is 1.94. The van der Waals surface area contributed by atoms with Gasteiger partial charge in [0.05, 0.1) is 25.3 Å². The number of hydrogen-bond donors (Lipinski definition) is 1. The molecule has 3 rings (SSSR count). The van der Waals surface area contributed by atoms with Crippen LogP contribution in [0.3, 0.4) is 0 Å². The van der Waals surface area contributed by atoms with E-state index in [9.17, 15) is 9.59 Å². The van der Waals surface area contributed by atoms with Crippen LogP contribution in [0.1, 0.15) is 38.1 Å². The first-order valence-corrected chi connectivity index (χ1v) is 10.3. The highest BCUT2D eigenvalue weighted by Gasteiger charge is 2.38. The fourth-order valence-electron chi connectivity index (χ4n) is 3.41. The molecule has 0 radical (unpaired) electrons. The second-order valence-corrected chi connectivity index (χ2v) is 8.72. The second kappa shape index (κ2) is 8.88. The molecule has 1 N–H and O–H groups in total. The van der Waals surface area contributed by atoms with Gasteiger partial charge in [-0.05, 0) is 50.1 Å². The fraction of sp³-hybridized carbons (Fsp3) is 0.417. The first kappa shape index (κ1) is 22.5. The van der Waals surface area contributed by atoms with Gasteiger partial charge in [-0.2, -0.15) is 0 Å². The van der Waals surface area contributed by atoms with Gasteiger partial charge in [-0.25, -0.2) is 0 Å². The Morgan fingerprint density at radius 2 is 1.77 bits per heavy atom. The maximum atomic E-state index is 13.2. The number of hydrogen-bond acceptors (Lipinski definition) is 5. The van der Waals surface area contributed by atoms with E-state index in [0.29, 0.717) is 47.3 Å². The van der Waals surface area contributed by atoms with Gasteiger partial charge in [-0.15, -0.1) is 0 Å². The summed E-state index contributed by atoms with van der Waals surface area (Å²) in [5.41, 5.74) is 0.980. The van der Waals surface area contributed by atoms with Crippen molar-refractivity contribution in [2.45, 2.75) is 27.7 Å². The van der Waals surface area contributed by atoms with Gasteiger partial charge in [0.1, 0.15) is 23.9 Å². The Kier molecular flexibility index (Phi) is 6.43. The van der Waals surface area contributed by atoms with E-state index in [2.05, 4.69) is 19.2 Å². The standard InChI is InChI=1S/C24H30N2O5/c1-15(2)13-26-20-11-17(7-8-21(20)31-14-24(3,4)23(26)28)25-22(27)16-9-18(29-5)12-19(10-16)30-6/h7-12,15H,13-14H2,1-6H3,(H,25,27). The van der Waals surface area contributed by atoms with Crippen molar-refractivity contribution in [3.8, 4) is 17.2 Å². The molecular weight excluding hydrogens is 396 g/mol. The molecule has 2 amide bonds. The van der Waals surface area contributed by atoms with Gasteiger partial charge in [-0.1, -0.05) is 13.8 Å². The summed E-state index contributed by atoms with van der Waals surface area (Å²) in [6, 6.07) is 10.3. The van der Waals surface area contributed by atoms with Gasteiger partial charge in [0.15, 0.2) is 0 Å². The Morgan fingerprint density at radius 3 is 2.35 bits per heavy atom. The van der Waals surface area contributed by atoms with Crippen LogP contribution in [-0.4, -0.2) is 39.2 Å². The molecule has 0 aromatic heterocycles. The van der Waals surface area contributed by atoms with Crippen molar-refractivity contribution in [3.63, 3.8) is 0 Å². The minimum atomic E-state index is -0.644. The van der Waals surface area contributed by atoms with E-state index in [-0.39, 0.29) is 17.7 Å². The molecular formula is C24H30N2O5. The van der Waals surface area contributed by atoms with E-state index in [0.717, 1.165) is 0 Å². The van der Waals surface area contributed by atoms with Crippen LogP contribution in [0.4, 0.5) is 11.4 Å². The third-order valence-corrected chi connectivity index (χ3v) is 5.08. The minimum Gasteiger partial charge on any atom is -0.497 e. The molecule has 2 aromatic rings. The third kappa shape index (κ3) is 4.93. The molecule has 2 aromatic carbocycles. The van der Waals surface area contributed by atoms with Crippen LogP contribution in [0.15, 0.2) is 36.4 Å². The van der Waals surface area contributed by atoms with Crippen LogP contribution in [0.25, 0.3) is 0 Å². The quantitative estimate of drug-likeness (QED) is 0.743. The lowest BCUT2D eigenvalue weighted by Gasteiger charge is -2.29. The van der Waals surface area contributed by atoms with Crippen LogP contribution in [0.2, 0.25) is 0 Å². The molecule has 0 saturated carbocycles. The average Bonchev–Trinajstić information content (AvgIpc) is 2.83. The smallest absolute Gasteiger partial charge is 0.255 e. The topological polar surface area (TPSA) is 77.1 Å². The second-order valence-electron chi connectivity index (χ2n) is 8.72. The molecule has 0 atom stereocenters. The first-order valence-electron chi connectivity index (χ1n) is 10.3. The number of amides is 2. The highest BCUT2D eigenvalue weighted by atomic mass is 16.5. The summed E-state index contributed by atoms with van der Waals surface area (Å²) in [7, 11) is 3.06. The Morgan fingerprint density at radius 1 is 1.13 bits per heavy atom. The van der Waals surface area contributed by atoms with Crippen molar-refractivity contribution in [1.29, 1.82) is 0 Å². The molecule has 0 bridgehead atoms. The van der Waals surface area contributed by atoms with Gasteiger partial charge in [0.2, 0.25) is 5.91 Å². The minimum absolute atomic E-state index is 0.000888. The summed E-state index contributed by atoms with van der Waals surface area (Å²) in [6.07, 6.45) is 0.